The van der Waals surface area contributed by atoms with Crippen LogP contribution in [-0.2, 0) is 0 Å². The molecule has 4 heteroatoms. The number of rotatable bonds is 3. The molecule has 3 rings (SSSR count). The average molecular weight is 340 g/mol. The van der Waals surface area contributed by atoms with Crippen molar-refractivity contribution in [1.29, 1.82) is 0 Å². The molecule has 0 radical (unpaired) electrons. The van der Waals surface area contributed by atoms with Crippen LogP contribution in [0.2, 0.25) is 0 Å². The van der Waals surface area contributed by atoms with Crippen molar-refractivity contribution in [2.45, 2.75) is 33.1 Å². The maximum Gasteiger partial charge on any atom is 0.175 e. The molecule has 0 spiro atoms. The summed E-state index contributed by atoms with van der Waals surface area (Å²) in [6, 6.07) is 14.8. The number of nitrogens with zero attached hydrogens (tertiary/aromatic N) is 1. The fourth-order valence-corrected chi connectivity index (χ4v) is 3.26. The first-order valence-corrected chi connectivity index (χ1v) is 9.03. The zero-order chi connectivity index (χ0) is 16.9. The maximum absolute atomic E-state index is 5.42. The van der Waals surface area contributed by atoms with Crippen LogP contribution in [0.15, 0.2) is 42.5 Å². The largest absolute Gasteiger partial charge is 0.372 e. The third kappa shape index (κ3) is 4.26. The monoisotopic (exact) mass is 339 g/mol. The van der Waals surface area contributed by atoms with Crippen LogP contribution in [-0.4, -0.2) is 18.2 Å². The second kappa shape index (κ2) is 7.67. The number of hydrogen-bond acceptors (Lipinski definition) is 2. The Morgan fingerprint density at radius 3 is 2.12 bits per heavy atom. The molecule has 1 saturated heterocycles. The molecule has 0 unspecified atom stereocenters. The minimum absolute atomic E-state index is 0.615. The van der Waals surface area contributed by atoms with Gasteiger partial charge in [0.25, 0.3) is 0 Å². The molecular formula is C20H25N3S. The van der Waals surface area contributed by atoms with Crippen molar-refractivity contribution in [1.82, 2.24) is 0 Å². The Bertz CT molecular complexity index is 703. The number of anilines is 3. The van der Waals surface area contributed by atoms with E-state index in [9.17, 15) is 0 Å². The summed E-state index contributed by atoms with van der Waals surface area (Å²) in [5, 5.41) is 7.12. The van der Waals surface area contributed by atoms with E-state index in [0.29, 0.717) is 5.11 Å². The lowest BCUT2D eigenvalue weighted by atomic mass is 10.1. The van der Waals surface area contributed by atoms with Gasteiger partial charge in [-0.2, -0.15) is 0 Å². The lowest BCUT2D eigenvalue weighted by Crippen LogP contribution is -2.29. The number of hydrogen-bond donors (Lipinski definition) is 2. The molecule has 0 amide bonds. The van der Waals surface area contributed by atoms with Crippen molar-refractivity contribution < 1.29 is 0 Å². The number of thiocarbonyl (C=S) groups is 1. The summed E-state index contributed by atoms with van der Waals surface area (Å²) in [6.45, 7) is 6.55. The Kier molecular flexibility index (Phi) is 5.36. The number of piperidine rings is 1. The Morgan fingerprint density at radius 2 is 1.46 bits per heavy atom. The van der Waals surface area contributed by atoms with E-state index in [1.807, 2.05) is 0 Å². The van der Waals surface area contributed by atoms with Gasteiger partial charge in [0.15, 0.2) is 5.11 Å². The Labute approximate surface area is 150 Å². The van der Waals surface area contributed by atoms with Gasteiger partial charge in [-0.15, -0.1) is 0 Å². The summed E-state index contributed by atoms with van der Waals surface area (Å²) in [5.74, 6) is 0. The molecule has 0 atom stereocenters. The highest BCUT2D eigenvalue weighted by atomic mass is 32.1. The van der Waals surface area contributed by atoms with E-state index < -0.39 is 0 Å². The van der Waals surface area contributed by atoms with Gasteiger partial charge in [0.2, 0.25) is 0 Å². The van der Waals surface area contributed by atoms with Gasteiger partial charge in [0, 0.05) is 30.2 Å². The van der Waals surface area contributed by atoms with Gasteiger partial charge < -0.3 is 15.5 Å². The first-order chi connectivity index (χ1) is 11.6. The third-order valence-corrected chi connectivity index (χ3v) is 4.82. The van der Waals surface area contributed by atoms with E-state index in [-0.39, 0.29) is 0 Å². The third-order valence-electron chi connectivity index (χ3n) is 4.61. The van der Waals surface area contributed by atoms with E-state index in [1.165, 1.54) is 49.2 Å². The van der Waals surface area contributed by atoms with Crippen molar-refractivity contribution in [2.24, 2.45) is 0 Å². The van der Waals surface area contributed by atoms with Crippen molar-refractivity contribution in [2.75, 3.05) is 28.6 Å². The molecule has 1 aliphatic rings. The van der Waals surface area contributed by atoms with E-state index in [4.69, 9.17) is 12.2 Å². The van der Waals surface area contributed by atoms with Crippen LogP contribution < -0.4 is 15.5 Å². The van der Waals surface area contributed by atoms with E-state index in [1.54, 1.807) is 0 Å². The van der Waals surface area contributed by atoms with E-state index in [0.717, 1.165) is 11.4 Å². The molecule has 0 aromatic heterocycles. The minimum atomic E-state index is 0.615. The summed E-state index contributed by atoms with van der Waals surface area (Å²) >= 11 is 5.42. The first kappa shape index (κ1) is 16.8. The molecule has 126 valence electrons. The normalized spacial score (nSPS) is 14.3. The lowest BCUT2D eigenvalue weighted by Gasteiger charge is -2.28. The summed E-state index contributed by atoms with van der Waals surface area (Å²) in [4.78, 5) is 2.46. The Morgan fingerprint density at radius 1 is 0.833 bits per heavy atom. The highest BCUT2D eigenvalue weighted by Crippen LogP contribution is 2.22. The number of benzene rings is 2. The van der Waals surface area contributed by atoms with Crippen LogP contribution in [0.25, 0.3) is 0 Å². The van der Waals surface area contributed by atoms with Crippen LogP contribution in [0.4, 0.5) is 17.1 Å². The van der Waals surface area contributed by atoms with Crippen LogP contribution in [0, 0.1) is 13.8 Å². The quantitative estimate of drug-likeness (QED) is 0.761. The predicted octanol–water partition coefficient (Wildman–Crippen LogP) is 5.10. The summed E-state index contributed by atoms with van der Waals surface area (Å²) < 4.78 is 0. The SMILES string of the molecule is Cc1ccc(NC(=S)Nc2ccc(N3CCCCC3)cc2)cc1C. The summed E-state index contributed by atoms with van der Waals surface area (Å²) in [7, 11) is 0. The molecule has 1 aliphatic heterocycles. The van der Waals surface area contributed by atoms with E-state index in [2.05, 4.69) is 71.8 Å². The van der Waals surface area contributed by atoms with Gasteiger partial charge >= 0.3 is 0 Å². The zero-order valence-electron chi connectivity index (χ0n) is 14.4. The van der Waals surface area contributed by atoms with Crippen molar-refractivity contribution in [3.8, 4) is 0 Å². The zero-order valence-corrected chi connectivity index (χ0v) is 15.2. The molecule has 3 nitrogen and oxygen atoms in total. The summed E-state index contributed by atoms with van der Waals surface area (Å²) in [5.41, 5.74) is 5.87. The van der Waals surface area contributed by atoms with Gasteiger partial charge in [0.05, 0.1) is 0 Å². The molecular weight excluding hydrogens is 314 g/mol. The molecule has 24 heavy (non-hydrogen) atoms. The van der Waals surface area contributed by atoms with Gasteiger partial charge in [-0.3, -0.25) is 0 Å². The summed E-state index contributed by atoms with van der Waals surface area (Å²) in [6.07, 6.45) is 3.95. The standard InChI is InChI=1S/C20H25N3S/c1-15-6-7-18(14-16(15)2)22-20(24)21-17-8-10-19(11-9-17)23-12-4-3-5-13-23/h6-11,14H,3-5,12-13H2,1-2H3,(H2,21,22,24). The van der Waals surface area contributed by atoms with Gasteiger partial charge in [-0.25, -0.2) is 0 Å². The second-order valence-corrected chi connectivity index (χ2v) is 6.88. The van der Waals surface area contributed by atoms with Crippen LogP contribution in [0.1, 0.15) is 30.4 Å². The Balaban J connectivity index is 1.58. The fourth-order valence-electron chi connectivity index (χ4n) is 3.02. The van der Waals surface area contributed by atoms with Crippen molar-refractivity contribution in [3.05, 3.63) is 53.6 Å². The molecule has 0 bridgehead atoms. The van der Waals surface area contributed by atoms with Crippen LogP contribution in [0.5, 0.6) is 0 Å². The van der Waals surface area contributed by atoms with Gasteiger partial charge in [-0.1, -0.05) is 6.07 Å². The number of nitrogens with one attached hydrogen (secondary N) is 2. The Hall–Kier alpha value is -2.07. The number of aryl methyl sites for hydroxylation is 2. The molecule has 0 saturated carbocycles. The highest BCUT2D eigenvalue weighted by molar-refractivity contribution is 7.80. The second-order valence-electron chi connectivity index (χ2n) is 6.47. The highest BCUT2D eigenvalue weighted by Gasteiger charge is 2.10. The smallest absolute Gasteiger partial charge is 0.175 e. The molecule has 0 aliphatic carbocycles. The molecule has 1 heterocycles. The minimum Gasteiger partial charge on any atom is -0.372 e. The van der Waals surface area contributed by atoms with Crippen molar-refractivity contribution in [3.63, 3.8) is 0 Å². The van der Waals surface area contributed by atoms with E-state index >= 15 is 0 Å². The fraction of sp³-hybridized carbons (Fsp3) is 0.350. The predicted molar refractivity (Wildman–Crippen MR) is 108 cm³/mol. The molecule has 2 aromatic rings. The topological polar surface area (TPSA) is 27.3 Å². The van der Waals surface area contributed by atoms with Gasteiger partial charge in [0.1, 0.15) is 0 Å². The molecule has 2 N–H and O–H groups in total. The van der Waals surface area contributed by atoms with Gasteiger partial charge in [-0.05, 0) is 92.9 Å². The van der Waals surface area contributed by atoms with Crippen molar-refractivity contribution >= 4 is 34.4 Å². The average Bonchev–Trinajstić information content (AvgIpc) is 2.59. The van der Waals surface area contributed by atoms with Crippen LogP contribution >= 0.6 is 12.2 Å². The first-order valence-electron chi connectivity index (χ1n) is 8.62. The lowest BCUT2D eigenvalue weighted by molar-refractivity contribution is 0.578. The molecule has 2 aromatic carbocycles. The maximum atomic E-state index is 5.42. The molecule has 1 fully saturated rings. The van der Waals surface area contributed by atoms with Crippen LogP contribution in [0.3, 0.4) is 0 Å².